The normalized spacial score (nSPS) is 11.2. The van der Waals surface area contributed by atoms with Crippen molar-refractivity contribution in [1.82, 2.24) is 24.5 Å². The van der Waals surface area contributed by atoms with Crippen LogP contribution in [0.3, 0.4) is 0 Å². The van der Waals surface area contributed by atoms with Crippen LogP contribution in [0.15, 0.2) is 34.7 Å². The van der Waals surface area contributed by atoms with Crippen LogP contribution < -0.4 is 10.5 Å². The van der Waals surface area contributed by atoms with Gasteiger partial charge in [-0.05, 0) is 12.1 Å². The highest BCUT2D eigenvalue weighted by Gasteiger charge is 2.18. The highest BCUT2D eigenvalue weighted by molar-refractivity contribution is 7.99. The predicted molar refractivity (Wildman–Crippen MR) is 105 cm³/mol. The smallest absolute Gasteiger partial charge is 0.308 e. The lowest BCUT2D eigenvalue weighted by Gasteiger charge is -2.05. The fraction of sp³-hybridized carbons (Fsp3) is 0.118. The SMILES string of the molecule is CC(=O)Oc1cn(C(C)=O)c2cc(Cl)c(Sc3nc4ncnc(N)c4[nH]3)cc12. The zero-order chi connectivity index (χ0) is 20.0. The molecule has 0 saturated heterocycles. The summed E-state index contributed by atoms with van der Waals surface area (Å²) in [5.41, 5.74) is 7.34. The number of nitrogens with one attached hydrogen (secondary N) is 1. The van der Waals surface area contributed by atoms with Crippen LogP contribution >= 0.6 is 23.4 Å². The first-order valence-electron chi connectivity index (χ1n) is 8.01. The Morgan fingerprint density at radius 1 is 1.29 bits per heavy atom. The van der Waals surface area contributed by atoms with Gasteiger partial charge in [-0.2, -0.15) is 0 Å². The van der Waals surface area contributed by atoms with Crippen LogP contribution in [0.2, 0.25) is 5.02 Å². The van der Waals surface area contributed by atoms with Crippen LogP contribution in [-0.2, 0) is 4.79 Å². The molecule has 3 N–H and O–H groups in total. The van der Waals surface area contributed by atoms with E-state index in [4.69, 9.17) is 22.1 Å². The van der Waals surface area contributed by atoms with E-state index in [0.29, 0.717) is 43.0 Å². The number of fused-ring (bicyclic) bond motifs is 2. The van der Waals surface area contributed by atoms with E-state index in [1.54, 1.807) is 12.1 Å². The summed E-state index contributed by atoms with van der Waals surface area (Å²) in [6.45, 7) is 2.70. The molecule has 4 aromatic rings. The lowest BCUT2D eigenvalue weighted by atomic mass is 10.2. The summed E-state index contributed by atoms with van der Waals surface area (Å²) in [7, 11) is 0. The fourth-order valence-corrected chi connectivity index (χ4v) is 3.85. The Kier molecular flexibility index (Phi) is 4.44. The number of halogens is 1. The van der Waals surface area contributed by atoms with Crippen molar-refractivity contribution in [3.63, 3.8) is 0 Å². The summed E-state index contributed by atoms with van der Waals surface area (Å²) in [6, 6.07) is 3.38. The molecule has 9 nitrogen and oxygen atoms in total. The molecule has 0 fully saturated rings. The molecular formula is C17H13ClN6O3S. The number of H-pyrrole nitrogens is 1. The van der Waals surface area contributed by atoms with E-state index in [2.05, 4.69) is 19.9 Å². The maximum atomic E-state index is 11.9. The Morgan fingerprint density at radius 2 is 2.07 bits per heavy atom. The highest BCUT2D eigenvalue weighted by Crippen LogP contribution is 2.39. The van der Waals surface area contributed by atoms with E-state index in [9.17, 15) is 9.59 Å². The van der Waals surface area contributed by atoms with Gasteiger partial charge < -0.3 is 15.5 Å². The molecule has 3 heterocycles. The van der Waals surface area contributed by atoms with Crippen molar-refractivity contribution in [2.75, 3.05) is 5.73 Å². The maximum Gasteiger partial charge on any atom is 0.308 e. The average Bonchev–Trinajstić information content (AvgIpc) is 3.17. The summed E-state index contributed by atoms with van der Waals surface area (Å²) in [4.78, 5) is 39.4. The molecule has 0 aliphatic rings. The van der Waals surface area contributed by atoms with E-state index in [-0.39, 0.29) is 11.7 Å². The second-order valence-corrected chi connectivity index (χ2v) is 7.32. The molecule has 0 spiro atoms. The van der Waals surface area contributed by atoms with Gasteiger partial charge in [-0.3, -0.25) is 14.2 Å². The van der Waals surface area contributed by atoms with Gasteiger partial charge in [0.2, 0.25) is 5.91 Å². The molecule has 0 aliphatic heterocycles. The van der Waals surface area contributed by atoms with Gasteiger partial charge >= 0.3 is 5.97 Å². The minimum Gasteiger partial charge on any atom is -0.424 e. The van der Waals surface area contributed by atoms with Crippen LogP contribution in [0.1, 0.15) is 18.6 Å². The highest BCUT2D eigenvalue weighted by atomic mass is 35.5. The topological polar surface area (TPSA) is 129 Å². The van der Waals surface area contributed by atoms with E-state index in [1.807, 2.05) is 0 Å². The number of imidazole rings is 1. The first-order valence-corrected chi connectivity index (χ1v) is 9.21. The summed E-state index contributed by atoms with van der Waals surface area (Å²) in [6.07, 6.45) is 2.80. The molecule has 0 aliphatic carbocycles. The molecule has 1 aromatic carbocycles. The molecule has 0 amide bonds. The molecule has 0 atom stereocenters. The minimum atomic E-state index is -0.488. The molecule has 4 rings (SSSR count). The number of aromatic nitrogens is 5. The summed E-state index contributed by atoms with van der Waals surface area (Å²) >= 11 is 7.68. The second kappa shape index (κ2) is 6.80. The molecule has 0 unspecified atom stereocenters. The van der Waals surface area contributed by atoms with E-state index < -0.39 is 5.97 Å². The standard InChI is InChI=1S/C17H13ClN6O3S/c1-7(25)24-5-12(27-8(2)26)9-3-13(10(18)4-11(9)24)28-17-22-14-15(19)20-6-21-16(14)23-17/h3-6H,1-2H3,(H3,19,20,21,22,23). The Bertz CT molecular complexity index is 1260. The lowest BCUT2D eigenvalue weighted by molar-refractivity contribution is -0.131. The quantitative estimate of drug-likeness (QED) is 0.487. The van der Waals surface area contributed by atoms with Gasteiger partial charge in [0, 0.05) is 24.1 Å². The van der Waals surface area contributed by atoms with Gasteiger partial charge in [0.05, 0.1) is 16.7 Å². The molecule has 3 aromatic heterocycles. The molecule has 0 radical (unpaired) electrons. The number of esters is 1. The van der Waals surface area contributed by atoms with Gasteiger partial charge in [-0.15, -0.1) is 0 Å². The number of carbonyl (C=O) groups excluding carboxylic acids is 2. The summed E-state index contributed by atoms with van der Waals surface area (Å²) in [5, 5.41) is 1.50. The number of hydrogen-bond donors (Lipinski definition) is 2. The lowest BCUT2D eigenvalue weighted by Crippen LogP contribution is -2.03. The Morgan fingerprint density at radius 3 is 2.75 bits per heavy atom. The number of rotatable bonds is 3. The monoisotopic (exact) mass is 416 g/mol. The van der Waals surface area contributed by atoms with Gasteiger partial charge in [0.15, 0.2) is 22.4 Å². The Labute approximate surface area is 167 Å². The number of carbonyl (C=O) groups is 2. The number of ether oxygens (including phenoxy) is 1. The van der Waals surface area contributed by atoms with E-state index in [0.717, 1.165) is 0 Å². The van der Waals surface area contributed by atoms with Crippen LogP contribution in [0, 0.1) is 0 Å². The number of anilines is 1. The molecule has 0 saturated carbocycles. The second-order valence-electron chi connectivity index (χ2n) is 5.88. The first-order chi connectivity index (χ1) is 13.3. The fourth-order valence-electron chi connectivity index (χ4n) is 2.75. The predicted octanol–water partition coefficient (Wildman–Crippen LogP) is 3.28. The summed E-state index contributed by atoms with van der Waals surface area (Å²) < 4.78 is 6.62. The Hall–Kier alpha value is -3.11. The first kappa shape index (κ1) is 18.3. The number of aromatic amines is 1. The third-order valence-electron chi connectivity index (χ3n) is 3.92. The van der Waals surface area contributed by atoms with Gasteiger partial charge in [-0.1, -0.05) is 23.4 Å². The van der Waals surface area contributed by atoms with Crippen molar-refractivity contribution in [1.29, 1.82) is 0 Å². The van der Waals surface area contributed by atoms with Crippen molar-refractivity contribution >= 4 is 63.1 Å². The van der Waals surface area contributed by atoms with Crippen molar-refractivity contribution in [2.24, 2.45) is 0 Å². The van der Waals surface area contributed by atoms with Crippen LogP contribution in [0.25, 0.3) is 22.1 Å². The zero-order valence-corrected chi connectivity index (χ0v) is 16.3. The average molecular weight is 417 g/mol. The number of nitrogen functional groups attached to an aromatic ring is 1. The largest absolute Gasteiger partial charge is 0.424 e. The van der Waals surface area contributed by atoms with E-state index in [1.165, 1.54) is 42.7 Å². The van der Waals surface area contributed by atoms with Gasteiger partial charge in [0.25, 0.3) is 0 Å². The number of nitrogens with two attached hydrogens (primary N) is 1. The number of hydrogen-bond acceptors (Lipinski definition) is 8. The molecule has 11 heteroatoms. The van der Waals surface area contributed by atoms with Crippen molar-refractivity contribution in [3.8, 4) is 5.75 Å². The molecule has 142 valence electrons. The van der Waals surface area contributed by atoms with E-state index >= 15 is 0 Å². The number of benzene rings is 1. The Balaban J connectivity index is 1.82. The zero-order valence-electron chi connectivity index (χ0n) is 14.7. The van der Waals surface area contributed by atoms with Crippen molar-refractivity contribution < 1.29 is 14.3 Å². The minimum absolute atomic E-state index is 0.230. The molecule has 0 bridgehead atoms. The van der Waals surface area contributed by atoms with Crippen LogP contribution in [0.5, 0.6) is 5.75 Å². The van der Waals surface area contributed by atoms with Crippen molar-refractivity contribution in [3.05, 3.63) is 29.7 Å². The maximum absolute atomic E-state index is 11.9. The van der Waals surface area contributed by atoms with Gasteiger partial charge in [-0.25, -0.2) is 15.0 Å². The molecule has 28 heavy (non-hydrogen) atoms. The third-order valence-corrected chi connectivity index (χ3v) is 5.29. The van der Waals surface area contributed by atoms with Crippen LogP contribution in [0.4, 0.5) is 5.82 Å². The molecular weight excluding hydrogens is 404 g/mol. The van der Waals surface area contributed by atoms with Gasteiger partial charge in [0.1, 0.15) is 11.8 Å². The summed E-state index contributed by atoms with van der Waals surface area (Å²) in [5.74, 6) is -0.151. The van der Waals surface area contributed by atoms with Crippen molar-refractivity contribution in [2.45, 2.75) is 23.9 Å². The van der Waals surface area contributed by atoms with Crippen LogP contribution in [-0.4, -0.2) is 36.4 Å². The third kappa shape index (κ3) is 3.16. The number of nitrogens with zero attached hydrogens (tertiary/aromatic N) is 4.